The van der Waals surface area contributed by atoms with Crippen LogP contribution < -0.4 is 16.1 Å². The van der Waals surface area contributed by atoms with E-state index in [0.29, 0.717) is 40.9 Å². The Kier molecular flexibility index (Phi) is 9.22. The van der Waals surface area contributed by atoms with E-state index in [1.54, 1.807) is 56.0 Å². The number of halogens is 4. The number of methoxy groups -OCH3 is 1. The summed E-state index contributed by atoms with van der Waals surface area (Å²) in [4.78, 5) is 34.3. The van der Waals surface area contributed by atoms with Gasteiger partial charge in [-0.25, -0.2) is 9.59 Å². The van der Waals surface area contributed by atoms with Crippen LogP contribution in [0.2, 0.25) is 5.02 Å². The lowest BCUT2D eigenvalue weighted by molar-refractivity contribution is -0.137. The van der Waals surface area contributed by atoms with Gasteiger partial charge in [0.15, 0.2) is 0 Å². The van der Waals surface area contributed by atoms with Gasteiger partial charge in [0.25, 0.3) is 0 Å². The average Bonchev–Trinajstić information content (AvgIpc) is 3.31. The number of hydrogen-bond acceptors (Lipinski definition) is 7. The maximum atomic E-state index is 13.1. The molecule has 0 fully saturated rings. The van der Waals surface area contributed by atoms with Crippen molar-refractivity contribution in [2.45, 2.75) is 6.18 Å². The summed E-state index contributed by atoms with van der Waals surface area (Å²) >= 11 is 5.62. The molecule has 4 rings (SSSR count). The van der Waals surface area contributed by atoms with Gasteiger partial charge in [0, 0.05) is 48.0 Å². The van der Waals surface area contributed by atoms with Gasteiger partial charge in [0.1, 0.15) is 6.73 Å². The molecule has 0 saturated carbocycles. The summed E-state index contributed by atoms with van der Waals surface area (Å²) in [5.74, 6) is 0. The molecule has 4 aromatic rings. The minimum atomic E-state index is -4.66. The van der Waals surface area contributed by atoms with Crippen LogP contribution in [0.15, 0.2) is 67.1 Å². The number of urea groups is 1. The Morgan fingerprint density at radius 1 is 1.02 bits per heavy atom. The third-order valence-electron chi connectivity index (χ3n) is 5.54. The van der Waals surface area contributed by atoms with Crippen molar-refractivity contribution >= 4 is 46.0 Å². The largest absolute Gasteiger partial charge is 0.437 e. The van der Waals surface area contributed by atoms with E-state index < -0.39 is 28.9 Å². The van der Waals surface area contributed by atoms with Crippen molar-refractivity contribution in [1.82, 2.24) is 15.0 Å². The van der Waals surface area contributed by atoms with Gasteiger partial charge in [-0.3, -0.25) is 9.55 Å². The normalized spacial score (nSPS) is 11.4. The molecule has 0 spiro atoms. The summed E-state index contributed by atoms with van der Waals surface area (Å²) in [6.45, 7) is 0.709. The van der Waals surface area contributed by atoms with Crippen molar-refractivity contribution in [3.05, 3.63) is 77.7 Å². The molecule has 0 aliphatic rings. The maximum Gasteiger partial charge on any atom is 0.437 e. The molecule has 3 N–H and O–H groups in total. The number of benzene rings is 2. The molecular formula is C26H23ClF3N5O5. The van der Waals surface area contributed by atoms with Crippen molar-refractivity contribution in [3.63, 3.8) is 0 Å². The molecule has 0 bridgehead atoms. The van der Waals surface area contributed by atoms with Crippen molar-refractivity contribution < 1.29 is 37.1 Å². The molecule has 0 atom stereocenters. The number of hydroxylamine groups is 1. The molecule has 210 valence electrons. The first-order valence-corrected chi connectivity index (χ1v) is 12.1. The molecule has 40 heavy (non-hydrogen) atoms. The van der Waals surface area contributed by atoms with E-state index in [4.69, 9.17) is 25.9 Å². The summed E-state index contributed by atoms with van der Waals surface area (Å²) in [6.07, 6.45) is -0.608. The zero-order valence-corrected chi connectivity index (χ0v) is 21.7. The Morgan fingerprint density at radius 2 is 1.75 bits per heavy atom. The number of carbonyl (C=O) groups excluding carboxylic acids is 2. The monoisotopic (exact) mass is 577 g/mol. The second-order valence-corrected chi connectivity index (χ2v) is 8.62. The van der Waals surface area contributed by atoms with E-state index in [1.807, 2.05) is 0 Å². The molecule has 0 saturated heterocycles. The van der Waals surface area contributed by atoms with Crippen LogP contribution in [0.4, 0.5) is 34.1 Å². The molecule has 14 heteroatoms. The highest BCUT2D eigenvalue weighted by atomic mass is 35.5. The molecule has 10 nitrogen and oxygen atoms in total. The fraction of sp³-hybridized carbons (Fsp3) is 0.192. The van der Waals surface area contributed by atoms with Gasteiger partial charge >= 0.3 is 18.3 Å². The number of hydrogen-bond donors (Lipinski definition) is 3. The van der Waals surface area contributed by atoms with Crippen LogP contribution in [0.3, 0.4) is 0 Å². The Morgan fingerprint density at radius 3 is 2.48 bits per heavy atom. The van der Waals surface area contributed by atoms with Gasteiger partial charge in [-0.05, 0) is 42.0 Å². The highest BCUT2D eigenvalue weighted by molar-refractivity contribution is 6.31. The van der Waals surface area contributed by atoms with Crippen LogP contribution in [0, 0.1) is 0 Å². The number of carbonyl (C=O) groups is 2. The summed E-state index contributed by atoms with van der Waals surface area (Å²) in [7, 11) is 1.54. The fourth-order valence-electron chi connectivity index (χ4n) is 3.70. The molecule has 0 unspecified atom stereocenters. The van der Waals surface area contributed by atoms with Gasteiger partial charge in [-0.15, -0.1) is 5.48 Å². The lowest BCUT2D eigenvalue weighted by Crippen LogP contribution is -2.26. The second kappa shape index (κ2) is 12.8. The number of nitrogens with one attached hydrogen (secondary N) is 3. The van der Waals surface area contributed by atoms with Crippen LogP contribution in [0.1, 0.15) is 5.56 Å². The van der Waals surface area contributed by atoms with Crippen LogP contribution in [-0.2, 0) is 20.5 Å². The smallest absolute Gasteiger partial charge is 0.382 e. The van der Waals surface area contributed by atoms with Crippen molar-refractivity contribution in [2.75, 3.05) is 37.7 Å². The minimum Gasteiger partial charge on any atom is -0.382 e. The Labute approximate surface area is 230 Å². The van der Waals surface area contributed by atoms with Crippen molar-refractivity contribution in [1.29, 1.82) is 0 Å². The van der Waals surface area contributed by atoms with Gasteiger partial charge in [0.2, 0.25) is 0 Å². The van der Waals surface area contributed by atoms with Crippen molar-refractivity contribution in [3.8, 4) is 11.1 Å². The quantitative estimate of drug-likeness (QED) is 0.124. The number of pyridine rings is 1. The lowest BCUT2D eigenvalue weighted by Gasteiger charge is -2.12. The first-order chi connectivity index (χ1) is 19.2. The highest BCUT2D eigenvalue weighted by Crippen LogP contribution is 2.36. The Balaban J connectivity index is 1.44. The zero-order chi connectivity index (χ0) is 28.7. The summed E-state index contributed by atoms with van der Waals surface area (Å²) < 4.78 is 50.6. The summed E-state index contributed by atoms with van der Waals surface area (Å²) in [5.41, 5.74) is 3.63. The van der Waals surface area contributed by atoms with Gasteiger partial charge in [0.05, 0.1) is 29.3 Å². The number of alkyl halides is 3. The van der Waals surface area contributed by atoms with Gasteiger partial charge in [-0.1, -0.05) is 23.7 Å². The van der Waals surface area contributed by atoms with Crippen LogP contribution in [0.25, 0.3) is 22.0 Å². The van der Waals surface area contributed by atoms with E-state index >= 15 is 0 Å². The third kappa shape index (κ3) is 7.07. The van der Waals surface area contributed by atoms with Crippen LogP contribution in [-0.4, -0.2) is 48.7 Å². The predicted molar refractivity (Wildman–Crippen MR) is 142 cm³/mol. The summed E-state index contributed by atoms with van der Waals surface area (Å²) in [5, 5.41) is 5.12. The average molecular weight is 578 g/mol. The fourth-order valence-corrected chi connectivity index (χ4v) is 3.92. The third-order valence-corrected chi connectivity index (χ3v) is 5.87. The molecule has 2 amide bonds. The molecule has 0 aliphatic heterocycles. The number of ether oxygens (including phenoxy) is 2. The molecule has 2 heterocycles. The number of anilines is 2. The number of amides is 2. The standard InChI is InChI=1S/C26H23ClF3N5O5/c1-38-10-11-39-15-32-40-25(37)35-14-20(19-13-31-9-8-23(19)35)16-2-4-17(5-3-16)33-24(36)34-18-6-7-22(27)21(12-18)26(28,29)30/h2-9,12-14,32H,10-11,15H2,1H3,(H2,33,34,36). The van der Waals surface area contributed by atoms with Crippen LogP contribution >= 0.6 is 11.6 Å². The van der Waals surface area contributed by atoms with Gasteiger partial charge in [-0.2, -0.15) is 13.2 Å². The lowest BCUT2D eigenvalue weighted by atomic mass is 10.1. The number of fused-ring (bicyclic) bond motifs is 1. The highest BCUT2D eigenvalue weighted by Gasteiger charge is 2.33. The number of rotatable bonds is 9. The Bertz CT molecular complexity index is 1490. The van der Waals surface area contributed by atoms with E-state index in [2.05, 4.69) is 21.1 Å². The topological polar surface area (TPSA) is 116 Å². The minimum absolute atomic E-state index is 0.0216. The van der Waals surface area contributed by atoms with E-state index in [0.717, 1.165) is 12.1 Å². The zero-order valence-electron chi connectivity index (χ0n) is 20.9. The molecule has 0 aliphatic carbocycles. The number of aromatic nitrogens is 2. The first-order valence-electron chi connectivity index (χ1n) is 11.7. The van der Waals surface area contributed by atoms with Crippen molar-refractivity contribution in [2.24, 2.45) is 0 Å². The molecule has 2 aromatic heterocycles. The molecule has 2 aromatic carbocycles. The molecule has 0 radical (unpaired) electrons. The predicted octanol–water partition coefficient (Wildman–Crippen LogP) is 6.13. The van der Waals surface area contributed by atoms with Gasteiger partial charge < -0.3 is 24.9 Å². The van der Waals surface area contributed by atoms with E-state index in [-0.39, 0.29) is 12.4 Å². The Hall–Kier alpha value is -4.17. The molecular weight excluding hydrogens is 555 g/mol. The first kappa shape index (κ1) is 28.8. The van der Waals surface area contributed by atoms with E-state index in [9.17, 15) is 22.8 Å². The summed E-state index contributed by atoms with van der Waals surface area (Å²) in [6, 6.07) is 10.6. The second-order valence-electron chi connectivity index (χ2n) is 8.21. The number of nitrogens with zero attached hydrogens (tertiary/aromatic N) is 2. The van der Waals surface area contributed by atoms with E-state index in [1.165, 1.54) is 10.6 Å². The maximum absolute atomic E-state index is 13.1. The van der Waals surface area contributed by atoms with Crippen LogP contribution in [0.5, 0.6) is 0 Å². The SMILES string of the molecule is COCCOCNOC(=O)n1cc(-c2ccc(NC(=O)Nc3ccc(Cl)c(C(F)(F)F)c3)cc2)c2cnccc21.